The van der Waals surface area contributed by atoms with E-state index in [4.69, 9.17) is 11.6 Å². The summed E-state index contributed by atoms with van der Waals surface area (Å²) in [5.74, 6) is -0.131. The first-order chi connectivity index (χ1) is 10.2. The summed E-state index contributed by atoms with van der Waals surface area (Å²) in [6.45, 7) is 5.69. The third kappa shape index (κ3) is 7.05. The highest BCUT2D eigenvalue weighted by atomic mass is 35.5. The molecule has 0 radical (unpaired) electrons. The summed E-state index contributed by atoms with van der Waals surface area (Å²) in [4.78, 5) is 25.9. The van der Waals surface area contributed by atoms with Gasteiger partial charge in [-0.2, -0.15) is 0 Å². The molecular formula is C17H25ClN2O2. The molecule has 0 saturated carbocycles. The number of hydrogen-bond donors (Lipinski definition) is 1. The Morgan fingerprint density at radius 3 is 2.27 bits per heavy atom. The number of nitrogens with one attached hydrogen (secondary N) is 1. The van der Waals surface area contributed by atoms with Crippen LogP contribution in [0, 0.1) is 5.41 Å². The fourth-order valence-electron chi connectivity index (χ4n) is 2.35. The first kappa shape index (κ1) is 18.7. The minimum Gasteiger partial charge on any atom is -0.356 e. The number of carbonyl (C=O) groups is 2. The van der Waals surface area contributed by atoms with Crippen LogP contribution in [0.5, 0.6) is 0 Å². The van der Waals surface area contributed by atoms with Gasteiger partial charge in [-0.25, -0.2) is 0 Å². The van der Waals surface area contributed by atoms with Crippen LogP contribution in [-0.4, -0.2) is 43.8 Å². The second-order valence-corrected chi connectivity index (χ2v) is 7.05. The van der Waals surface area contributed by atoms with E-state index in [9.17, 15) is 9.59 Å². The standard InChI is InChI=1S/C17H25ClN2O2/c1-17(2,12-20(3)4)11-19-16(22)10-9-15(21)13-5-7-14(18)8-6-13/h5-8H,9-12H2,1-4H3,(H,19,22). The quantitative estimate of drug-likeness (QED) is 0.748. The zero-order valence-corrected chi connectivity index (χ0v) is 14.5. The lowest BCUT2D eigenvalue weighted by molar-refractivity contribution is -0.121. The van der Waals surface area contributed by atoms with E-state index < -0.39 is 0 Å². The molecule has 0 aliphatic heterocycles. The molecule has 0 aliphatic carbocycles. The molecule has 0 bridgehead atoms. The molecule has 0 spiro atoms. The van der Waals surface area contributed by atoms with Gasteiger partial charge >= 0.3 is 0 Å². The zero-order valence-electron chi connectivity index (χ0n) is 13.8. The molecule has 0 fully saturated rings. The van der Waals surface area contributed by atoms with E-state index in [0.717, 1.165) is 6.54 Å². The molecule has 1 aromatic carbocycles. The lowest BCUT2D eigenvalue weighted by Gasteiger charge is -2.28. The Bertz CT molecular complexity index is 510. The summed E-state index contributed by atoms with van der Waals surface area (Å²) in [5.41, 5.74) is 0.587. The smallest absolute Gasteiger partial charge is 0.220 e. The van der Waals surface area contributed by atoms with Gasteiger partial charge in [0.25, 0.3) is 0 Å². The second-order valence-electron chi connectivity index (χ2n) is 6.61. The molecule has 0 atom stereocenters. The van der Waals surface area contributed by atoms with Crippen molar-refractivity contribution in [3.63, 3.8) is 0 Å². The van der Waals surface area contributed by atoms with Crippen LogP contribution in [0.25, 0.3) is 0 Å². The highest BCUT2D eigenvalue weighted by Gasteiger charge is 2.20. The number of nitrogens with zero attached hydrogens (tertiary/aromatic N) is 1. The molecule has 1 aromatic rings. The predicted octanol–water partition coefficient (Wildman–Crippen LogP) is 3.01. The average Bonchev–Trinajstić information content (AvgIpc) is 2.42. The molecule has 1 N–H and O–H groups in total. The van der Waals surface area contributed by atoms with E-state index in [-0.39, 0.29) is 29.9 Å². The van der Waals surface area contributed by atoms with Crippen molar-refractivity contribution in [2.24, 2.45) is 5.41 Å². The maximum Gasteiger partial charge on any atom is 0.220 e. The second kappa shape index (κ2) is 8.30. The Labute approximate surface area is 137 Å². The van der Waals surface area contributed by atoms with Crippen LogP contribution in [0.1, 0.15) is 37.0 Å². The van der Waals surface area contributed by atoms with Crippen molar-refractivity contribution in [2.75, 3.05) is 27.2 Å². The Balaban J connectivity index is 2.37. The van der Waals surface area contributed by atoms with Crippen molar-refractivity contribution in [1.29, 1.82) is 0 Å². The predicted molar refractivity (Wildman–Crippen MR) is 90.4 cm³/mol. The molecule has 0 unspecified atom stereocenters. The number of amides is 1. The fourth-order valence-corrected chi connectivity index (χ4v) is 2.47. The van der Waals surface area contributed by atoms with Crippen molar-refractivity contribution in [2.45, 2.75) is 26.7 Å². The lowest BCUT2D eigenvalue weighted by atomic mass is 9.93. The number of ketones is 1. The van der Waals surface area contributed by atoms with E-state index in [1.165, 1.54) is 0 Å². The summed E-state index contributed by atoms with van der Waals surface area (Å²) in [6, 6.07) is 6.72. The summed E-state index contributed by atoms with van der Waals surface area (Å²) in [5, 5.41) is 3.50. The molecule has 1 amide bonds. The molecule has 0 heterocycles. The number of rotatable bonds is 8. The molecule has 22 heavy (non-hydrogen) atoms. The summed E-state index contributed by atoms with van der Waals surface area (Å²) in [6.07, 6.45) is 0.418. The molecule has 1 rings (SSSR count). The van der Waals surface area contributed by atoms with Crippen molar-refractivity contribution in [3.8, 4) is 0 Å². The van der Waals surface area contributed by atoms with Gasteiger partial charge in [0.05, 0.1) is 0 Å². The van der Waals surface area contributed by atoms with Crippen LogP contribution in [0.15, 0.2) is 24.3 Å². The minimum absolute atomic E-state index is 0.000647. The molecule has 122 valence electrons. The van der Waals surface area contributed by atoms with Gasteiger partial charge in [-0.15, -0.1) is 0 Å². The van der Waals surface area contributed by atoms with Crippen molar-refractivity contribution in [3.05, 3.63) is 34.9 Å². The number of benzene rings is 1. The fraction of sp³-hybridized carbons (Fsp3) is 0.529. The number of halogens is 1. The molecule has 0 saturated heterocycles. The average molecular weight is 325 g/mol. The number of Topliss-reactive ketones (excluding diaryl/α,β-unsaturated/α-hetero) is 1. The SMILES string of the molecule is CN(C)CC(C)(C)CNC(=O)CCC(=O)c1ccc(Cl)cc1. The van der Waals surface area contributed by atoms with Gasteiger partial charge in [0, 0.05) is 36.5 Å². The Kier molecular flexibility index (Phi) is 7.04. The number of hydrogen-bond acceptors (Lipinski definition) is 3. The largest absolute Gasteiger partial charge is 0.356 e. The highest BCUT2D eigenvalue weighted by molar-refractivity contribution is 6.30. The van der Waals surface area contributed by atoms with Gasteiger partial charge in [0.1, 0.15) is 0 Å². The van der Waals surface area contributed by atoms with Crippen LogP contribution in [0.3, 0.4) is 0 Å². The van der Waals surface area contributed by atoms with Gasteiger partial charge < -0.3 is 10.2 Å². The van der Waals surface area contributed by atoms with Gasteiger partial charge in [-0.3, -0.25) is 9.59 Å². The zero-order chi connectivity index (χ0) is 16.8. The van der Waals surface area contributed by atoms with E-state index >= 15 is 0 Å². The van der Waals surface area contributed by atoms with Crippen molar-refractivity contribution in [1.82, 2.24) is 10.2 Å². The van der Waals surface area contributed by atoms with Gasteiger partial charge in [-0.1, -0.05) is 25.4 Å². The maximum absolute atomic E-state index is 12.0. The maximum atomic E-state index is 12.0. The Morgan fingerprint density at radius 2 is 1.73 bits per heavy atom. The van der Waals surface area contributed by atoms with Gasteiger partial charge in [0.15, 0.2) is 5.78 Å². The lowest BCUT2D eigenvalue weighted by Crippen LogP contribution is -2.40. The summed E-state index contributed by atoms with van der Waals surface area (Å²) >= 11 is 5.78. The first-order valence-electron chi connectivity index (χ1n) is 7.40. The molecular weight excluding hydrogens is 300 g/mol. The summed E-state index contributed by atoms with van der Waals surface area (Å²) < 4.78 is 0. The third-order valence-electron chi connectivity index (χ3n) is 3.25. The summed E-state index contributed by atoms with van der Waals surface area (Å²) in [7, 11) is 4.02. The van der Waals surface area contributed by atoms with Crippen LogP contribution in [-0.2, 0) is 4.79 Å². The monoisotopic (exact) mass is 324 g/mol. The van der Waals surface area contributed by atoms with Crippen LogP contribution in [0.4, 0.5) is 0 Å². The van der Waals surface area contributed by atoms with E-state index in [1.807, 2.05) is 14.1 Å². The van der Waals surface area contributed by atoms with E-state index in [0.29, 0.717) is 17.1 Å². The van der Waals surface area contributed by atoms with E-state index in [1.54, 1.807) is 24.3 Å². The van der Waals surface area contributed by atoms with Crippen LogP contribution in [0.2, 0.25) is 5.02 Å². The van der Waals surface area contributed by atoms with Crippen molar-refractivity contribution < 1.29 is 9.59 Å². The normalized spacial score (nSPS) is 11.5. The molecule has 4 nitrogen and oxygen atoms in total. The van der Waals surface area contributed by atoms with E-state index in [2.05, 4.69) is 24.1 Å². The minimum atomic E-state index is -0.0888. The number of carbonyl (C=O) groups excluding carboxylic acids is 2. The Morgan fingerprint density at radius 1 is 1.14 bits per heavy atom. The highest BCUT2D eigenvalue weighted by Crippen LogP contribution is 2.15. The van der Waals surface area contributed by atoms with Crippen LogP contribution < -0.4 is 5.32 Å². The van der Waals surface area contributed by atoms with Crippen LogP contribution >= 0.6 is 11.6 Å². The Hall–Kier alpha value is -1.39. The molecule has 5 heteroatoms. The first-order valence-corrected chi connectivity index (χ1v) is 7.77. The van der Waals surface area contributed by atoms with Gasteiger partial charge in [-0.05, 0) is 43.8 Å². The topological polar surface area (TPSA) is 49.4 Å². The molecule has 0 aromatic heterocycles. The molecule has 0 aliphatic rings. The van der Waals surface area contributed by atoms with Crippen molar-refractivity contribution >= 4 is 23.3 Å². The third-order valence-corrected chi connectivity index (χ3v) is 3.51. The van der Waals surface area contributed by atoms with Gasteiger partial charge in [0.2, 0.25) is 5.91 Å².